The van der Waals surface area contributed by atoms with Crippen LogP contribution in [0.2, 0.25) is 0 Å². The zero-order valence-electron chi connectivity index (χ0n) is 9.76. The highest BCUT2D eigenvalue weighted by atomic mass is 32.1. The van der Waals surface area contributed by atoms with Gasteiger partial charge in [-0.15, -0.1) is 11.3 Å². The predicted molar refractivity (Wildman–Crippen MR) is 75.7 cm³/mol. The first-order valence-corrected chi connectivity index (χ1v) is 6.65. The lowest BCUT2D eigenvalue weighted by Crippen LogP contribution is -2.00. The van der Waals surface area contributed by atoms with Crippen LogP contribution in [0.25, 0.3) is 10.4 Å². The largest absolute Gasteiger partial charge is 0.379 e. The van der Waals surface area contributed by atoms with Crippen molar-refractivity contribution >= 4 is 17.0 Å². The zero-order valence-corrected chi connectivity index (χ0v) is 10.6. The Morgan fingerprint density at radius 1 is 1.17 bits per heavy atom. The molecular formula is C14H13N3S. The standard InChI is InChI=1S/C14H13N3S/c1-2-5-13(16-9-11-8-15-10-17-11)12(4-1)14-6-3-7-18-14/h1-8,10,16H,9H2,(H,15,17). The Bertz CT molecular complexity index is 600. The number of thiophene rings is 1. The topological polar surface area (TPSA) is 40.7 Å². The van der Waals surface area contributed by atoms with Crippen LogP contribution >= 0.6 is 11.3 Å². The third-order valence-corrected chi connectivity index (χ3v) is 3.64. The first-order chi connectivity index (χ1) is 8.93. The molecule has 0 spiro atoms. The smallest absolute Gasteiger partial charge is 0.0922 e. The van der Waals surface area contributed by atoms with Crippen molar-refractivity contribution in [1.82, 2.24) is 9.97 Å². The maximum atomic E-state index is 4.01. The number of benzene rings is 1. The number of aromatic amines is 1. The highest BCUT2D eigenvalue weighted by Gasteiger charge is 2.05. The van der Waals surface area contributed by atoms with Gasteiger partial charge in [0.15, 0.2) is 0 Å². The van der Waals surface area contributed by atoms with Crippen molar-refractivity contribution in [2.75, 3.05) is 5.32 Å². The molecule has 0 aliphatic carbocycles. The van der Waals surface area contributed by atoms with Crippen LogP contribution in [0.1, 0.15) is 5.69 Å². The Morgan fingerprint density at radius 3 is 2.89 bits per heavy atom. The Hall–Kier alpha value is -2.07. The summed E-state index contributed by atoms with van der Waals surface area (Å²) in [7, 11) is 0. The SMILES string of the molecule is c1csc(-c2ccccc2NCc2cnc[nH]2)c1. The van der Waals surface area contributed by atoms with Crippen molar-refractivity contribution in [2.45, 2.75) is 6.54 Å². The minimum Gasteiger partial charge on any atom is -0.379 e. The van der Waals surface area contributed by atoms with Crippen molar-refractivity contribution in [3.63, 3.8) is 0 Å². The van der Waals surface area contributed by atoms with E-state index in [1.807, 2.05) is 12.3 Å². The summed E-state index contributed by atoms with van der Waals surface area (Å²) in [6.45, 7) is 0.752. The van der Waals surface area contributed by atoms with Crippen molar-refractivity contribution in [2.24, 2.45) is 0 Å². The highest BCUT2D eigenvalue weighted by molar-refractivity contribution is 7.13. The van der Waals surface area contributed by atoms with Gasteiger partial charge in [-0.1, -0.05) is 24.3 Å². The molecule has 18 heavy (non-hydrogen) atoms. The normalized spacial score (nSPS) is 10.4. The molecule has 90 valence electrons. The summed E-state index contributed by atoms with van der Waals surface area (Å²) in [6.07, 6.45) is 3.53. The molecule has 3 aromatic rings. The van der Waals surface area contributed by atoms with Gasteiger partial charge in [-0.05, 0) is 17.5 Å². The van der Waals surface area contributed by atoms with Crippen molar-refractivity contribution in [3.8, 4) is 10.4 Å². The molecule has 0 saturated carbocycles. The highest BCUT2D eigenvalue weighted by Crippen LogP contribution is 2.31. The van der Waals surface area contributed by atoms with Gasteiger partial charge in [-0.3, -0.25) is 0 Å². The van der Waals surface area contributed by atoms with E-state index in [1.54, 1.807) is 17.7 Å². The average Bonchev–Trinajstić information content (AvgIpc) is 3.10. The van der Waals surface area contributed by atoms with E-state index in [0.29, 0.717) is 0 Å². The van der Waals surface area contributed by atoms with E-state index in [-0.39, 0.29) is 0 Å². The van der Waals surface area contributed by atoms with E-state index in [4.69, 9.17) is 0 Å². The van der Waals surface area contributed by atoms with Crippen LogP contribution in [-0.4, -0.2) is 9.97 Å². The Kier molecular flexibility index (Phi) is 3.10. The van der Waals surface area contributed by atoms with E-state index in [0.717, 1.165) is 17.9 Å². The lowest BCUT2D eigenvalue weighted by atomic mass is 10.1. The van der Waals surface area contributed by atoms with Gasteiger partial charge < -0.3 is 10.3 Å². The van der Waals surface area contributed by atoms with Gasteiger partial charge in [0.25, 0.3) is 0 Å². The van der Waals surface area contributed by atoms with E-state index in [2.05, 4.69) is 51.0 Å². The molecule has 0 aliphatic rings. The minimum atomic E-state index is 0.752. The van der Waals surface area contributed by atoms with Gasteiger partial charge in [-0.25, -0.2) is 4.98 Å². The molecular weight excluding hydrogens is 242 g/mol. The number of anilines is 1. The van der Waals surface area contributed by atoms with Crippen LogP contribution in [0.15, 0.2) is 54.3 Å². The summed E-state index contributed by atoms with van der Waals surface area (Å²) < 4.78 is 0. The third-order valence-electron chi connectivity index (χ3n) is 2.74. The van der Waals surface area contributed by atoms with Crippen LogP contribution in [0.3, 0.4) is 0 Å². The monoisotopic (exact) mass is 255 g/mol. The number of nitrogens with one attached hydrogen (secondary N) is 2. The van der Waals surface area contributed by atoms with Gasteiger partial charge in [0.2, 0.25) is 0 Å². The number of para-hydroxylation sites is 1. The number of imidazole rings is 1. The second kappa shape index (κ2) is 5.06. The summed E-state index contributed by atoms with van der Waals surface area (Å²) in [4.78, 5) is 8.38. The maximum Gasteiger partial charge on any atom is 0.0922 e. The average molecular weight is 255 g/mol. The van der Waals surface area contributed by atoms with Crippen molar-refractivity contribution < 1.29 is 0 Å². The molecule has 2 heterocycles. The summed E-state index contributed by atoms with van der Waals surface area (Å²) in [5.41, 5.74) is 3.47. The first-order valence-electron chi connectivity index (χ1n) is 5.77. The quantitative estimate of drug-likeness (QED) is 0.745. The molecule has 0 saturated heterocycles. The van der Waals surface area contributed by atoms with Gasteiger partial charge in [0.05, 0.1) is 18.6 Å². The molecule has 0 fully saturated rings. The summed E-state index contributed by atoms with van der Waals surface area (Å²) in [5, 5.41) is 5.54. The van der Waals surface area contributed by atoms with Crippen LogP contribution < -0.4 is 5.32 Å². The molecule has 0 aliphatic heterocycles. The van der Waals surface area contributed by atoms with E-state index in [9.17, 15) is 0 Å². The van der Waals surface area contributed by atoms with Crippen LogP contribution in [-0.2, 0) is 6.54 Å². The molecule has 0 radical (unpaired) electrons. The van der Waals surface area contributed by atoms with Gasteiger partial charge in [-0.2, -0.15) is 0 Å². The molecule has 0 bridgehead atoms. The number of aromatic nitrogens is 2. The fraction of sp³-hybridized carbons (Fsp3) is 0.0714. The Labute approximate surface area is 110 Å². The Morgan fingerprint density at radius 2 is 2.11 bits per heavy atom. The van der Waals surface area contributed by atoms with Crippen LogP contribution in [0, 0.1) is 0 Å². The second-order valence-corrected chi connectivity index (χ2v) is 4.90. The van der Waals surface area contributed by atoms with E-state index < -0.39 is 0 Å². The molecule has 0 unspecified atom stereocenters. The molecule has 2 N–H and O–H groups in total. The van der Waals surface area contributed by atoms with E-state index in [1.165, 1.54) is 10.4 Å². The van der Waals surface area contributed by atoms with Crippen molar-refractivity contribution in [3.05, 3.63) is 60.0 Å². The van der Waals surface area contributed by atoms with Gasteiger partial charge >= 0.3 is 0 Å². The van der Waals surface area contributed by atoms with Crippen LogP contribution in [0.4, 0.5) is 5.69 Å². The third kappa shape index (κ3) is 2.28. The number of hydrogen-bond donors (Lipinski definition) is 2. The fourth-order valence-electron chi connectivity index (χ4n) is 1.86. The predicted octanol–water partition coefficient (Wildman–Crippen LogP) is 3.75. The van der Waals surface area contributed by atoms with E-state index >= 15 is 0 Å². The lowest BCUT2D eigenvalue weighted by molar-refractivity contribution is 1.07. The zero-order chi connectivity index (χ0) is 12.2. The summed E-state index contributed by atoms with van der Waals surface area (Å²) >= 11 is 1.75. The minimum absolute atomic E-state index is 0.752. The first kappa shape index (κ1) is 11.0. The molecule has 0 atom stereocenters. The second-order valence-electron chi connectivity index (χ2n) is 3.95. The molecule has 0 amide bonds. The number of hydrogen-bond acceptors (Lipinski definition) is 3. The number of H-pyrrole nitrogens is 1. The maximum absolute atomic E-state index is 4.01. The molecule has 4 heteroatoms. The van der Waals surface area contributed by atoms with Gasteiger partial charge in [0.1, 0.15) is 0 Å². The molecule has 3 rings (SSSR count). The lowest BCUT2D eigenvalue weighted by Gasteiger charge is -2.09. The van der Waals surface area contributed by atoms with Crippen molar-refractivity contribution in [1.29, 1.82) is 0 Å². The number of nitrogens with zero attached hydrogens (tertiary/aromatic N) is 1. The molecule has 1 aromatic carbocycles. The molecule has 3 nitrogen and oxygen atoms in total. The van der Waals surface area contributed by atoms with Crippen LogP contribution in [0.5, 0.6) is 0 Å². The summed E-state index contributed by atoms with van der Waals surface area (Å²) in [5.74, 6) is 0. The van der Waals surface area contributed by atoms with Gasteiger partial charge in [0, 0.05) is 22.3 Å². The molecule has 2 aromatic heterocycles. The Balaban J connectivity index is 1.84. The summed E-state index contributed by atoms with van der Waals surface area (Å²) in [6, 6.07) is 12.6. The fourth-order valence-corrected chi connectivity index (χ4v) is 2.62. The number of rotatable bonds is 4.